The van der Waals surface area contributed by atoms with Crippen LogP contribution in [-0.2, 0) is 4.79 Å². The van der Waals surface area contributed by atoms with E-state index in [9.17, 15) is 9.59 Å². The van der Waals surface area contributed by atoms with Gasteiger partial charge in [-0.2, -0.15) is 11.8 Å². The van der Waals surface area contributed by atoms with Crippen LogP contribution in [0.1, 0.15) is 37.0 Å². The summed E-state index contributed by atoms with van der Waals surface area (Å²) in [6, 6.07) is 3.44. The molecule has 0 bridgehead atoms. The maximum atomic E-state index is 11.7. The summed E-state index contributed by atoms with van der Waals surface area (Å²) in [5.74, 6) is 1.06. The summed E-state index contributed by atoms with van der Waals surface area (Å²) in [6.45, 7) is 4.50. The molecule has 0 aliphatic heterocycles. The van der Waals surface area contributed by atoms with Crippen molar-refractivity contribution in [1.29, 1.82) is 0 Å². The van der Waals surface area contributed by atoms with Crippen LogP contribution in [0.15, 0.2) is 24.5 Å². The largest absolute Gasteiger partial charge is 0.352 e. The molecule has 1 N–H and O–H groups in total. The Labute approximate surface area is 118 Å². The number of carbonyl (C=O) groups is 2. The molecule has 1 rings (SSSR count). The predicted octanol–water partition coefficient (Wildman–Crippen LogP) is 2.30. The zero-order chi connectivity index (χ0) is 14.1. The molecule has 0 fully saturated rings. The lowest BCUT2D eigenvalue weighted by Gasteiger charge is -2.09. The molecule has 4 nitrogen and oxygen atoms in total. The number of carbonyl (C=O) groups excluding carboxylic acids is 2. The number of aromatic nitrogens is 1. The van der Waals surface area contributed by atoms with E-state index in [0.29, 0.717) is 24.9 Å². The van der Waals surface area contributed by atoms with Gasteiger partial charge in [0.2, 0.25) is 0 Å². The van der Waals surface area contributed by atoms with E-state index in [2.05, 4.69) is 10.3 Å². The lowest BCUT2D eigenvalue weighted by atomic mass is 10.2. The van der Waals surface area contributed by atoms with Gasteiger partial charge < -0.3 is 5.32 Å². The van der Waals surface area contributed by atoms with Crippen molar-refractivity contribution in [3.63, 3.8) is 0 Å². The Kier molecular flexibility index (Phi) is 7.18. The average Bonchev–Trinajstić information content (AvgIpc) is 2.44. The maximum absolute atomic E-state index is 11.7. The Morgan fingerprint density at radius 3 is 2.89 bits per heavy atom. The normalized spacial score (nSPS) is 11.9. The van der Waals surface area contributed by atoms with Crippen LogP contribution in [0.3, 0.4) is 0 Å². The molecular weight excluding hydrogens is 260 g/mol. The number of hydrogen-bond acceptors (Lipinski definition) is 4. The summed E-state index contributed by atoms with van der Waals surface area (Å²) in [6.07, 6.45) is 4.35. The fourth-order valence-electron chi connectivity index (χ4n) is 1.61. The van der Waals surface area contributed by atoms with Crippen molar-refractivity contribution in [3.05, 3.63) is 30.1 Å². The van der Waals surface area contributed by atoms with Crippen LogP contribution in [0.5, 0.6) is 0 Å². The number of thioether (sulfide) groups is 1. The lowest BCUT2D eigenvalue weighted by Crippen LogP contribution is -2.25. The van der Waals surface area contributed by atoms with Crippen LogP contribution >= 0.6 is 11.8 Å². The van der Waals surface area contributed by atoms with Crippen molar-refractivity contribution in [2.75, 3.05) is 12.3 Å². The second kappa shape index (κ2) is 8.69. The quantitative estimate of drug-likeness (QED) is 0.742. The Hall–Kier alpha value is -1.36. The number of hydrogen-bond donors (Lipinski definition) is 1. The van der Waals surface area contributed by atoms with Crippen LogP contribution < -0.4 is 5.32 Å². The molecular formula is C14H20N2O2S. The lowest BCUT2D eigenvalue weighted by molar-refractivity contribution is -0.118. The Morgan fingerprint density at radius 2 is 2.26 bits per heavy atom. The van der Waals surface area contributed by atoms with E-state index in [1.807, 2.05) is 13.8 Å². The van der Waals surface area contributed by atoms with E-state index in [1.165, 1.54) is 6.20 Å². The van der Waals surface area contributed by atoms with Crippen molar-refractivity contribution >= 4 is 23.5 Å². The first-order valence-electron chi connectivity index (χ1n) is 6.47. The summed E-state index contributed by atoms with van der Waals surface area (Å²) in [5, 5.41) is 2.84. The van der Waals surface area contributed by atoms with Crippen LogP contribution in [0.2, 0.25) is 0 Å². The van der Waals surface area contributed by atoms with Crippen LogP contribution in [0.25, 0.3) is 0 Å². The number of nitrogens with zero attached hydrogens (tertiary/aromatic N) is 1. The molecule has 1 amide bonds. The van der Waals surface area contributed by atoms with E-state index in [0.717, 1.165) is 5.75 Å². The summed E-state index contributed by atoms with van der Waals surface area (Å²) in [5.41, 5.74) is 0.545. The Morgan fingerprint density at radius 1 is 1.47 bits per heavy atom. The molecule has 1 heterocycles. The summed E-state index contributed by atoms with van der Waals surface area (Å²) in [4.78, 5) is 27.3. The van der Waals surface area contributed by atoms with Gasteiger partial charge in [-0.1, -0.05) is 6.92 Å². The zero-order valence-electron chi connectivity index (χ0n) is 11.4. The van der Waals surface area contributed by atoms with Gasteiger partial charge in [-0.25, -0.2) is 0 Å². The summed E-state index contributed by atoms with van der Waals surface area (Å²) >= 11 is 1.66. The third kappa shape index (κ3) is 5.87. The highest BCUT2D eigenvalue weighted by Crippen LogP contribution is 2.12. The highest BCUT2D eigenvalue weighted by atomic mass is 32.2. The molecule has 19 heavy (non-hydrogen) atoms. The van der Waals surface area contributed by atoms with Gasteiger partial charge in [0.05, 0.1) is 10.8 Å². The fraction of sp³-hybridized carbons (Fsp3) is 0.500. The minimum absolute atomic E-state index is 0.0547. The third-order valence-corrected chi connectivity index (χ3v) is 3.78. The average molecular weight is 280 g/mol. The van der Waals surface area contributed by atoms with E-state index in [1.54, 1.807) is 30.1 Å². The molecule has 1 atom stereocenters. The van der Waals surface area contributed by atoms with Crippen LogP contribution in [0, 0.1) is 0 Å². The Bertz CT molecular complexity index is 409. The number of rotatable bonds is 8. The molecule has 5 heteroatoms. The highest BCUT2D eigenvalue weighted by Gasteiger charge is 2.12. The number of nitrogens with one attached hydrogen (secondary N) is 1. The number of Topliss-reactive ketones (excluding diaryl/α,β-unsaturated/α-hetero) is 1. The van der Waals surface area contributed by atoms with Crippen molar-refractivity contribution in [3.8, 4) is 0 Å². The van der Waals surface area contributed by atoms with Crippen LogP contribution in [0.4, 0.5) is 0 Å². The molecule has 1 unspecified atom stereocenters. The van der Waals surface area contributed by atoms with E-state index < -0.39 is 0 Å². The smallest absolute Gasteiger partial charge is 0.252 e. The molecule has 104 valence electrons. The molecule has 0 radical (unpaired) electrons. The monoisotopic (exact) mass is 280 g/mol. The SMILES string of the molecule is CCSC(C)C(=O)CCCNC(=O)c1cccnc1. The van der Waals surface area contributed by atoms with Crippen molar-refractivity contribution in [2.24, 2.45) is 0 Å². The van der Waals surface area contributed by atoms with Crippen molar-refractivity contribution < 1.29 is 9.59 Å². The van der Waals surface area contributed by atoms with Gasteiger partial charge >= 0.3 is 0 Å². The standard InChI is InChI=1S/C14H20N2O2S/c1-3-19-11(2)13(17)7-5-9-16-14(18)12-6-4-8-15-10-12/h4,6,8,10-11H,3,5,7,9H2,1-2H3,(H,16,18). The molecule has 1 aromatic rings. The Balaban J connectivity index is 2.21. The first-order valence-corrected chi connectivity index (χ1v) is 7.52. The molecule has 0 spiro atoms. The van der Waals surface area contributed by atoms with Gasteiger partial charge in [-0.15, -0.1) is 0 Å². The topological polar surface area (TPSA) is 59.1 Å². The second-order valence-electron chi connectivity index (χ2n) is 4.17. The van der Waals surface area contributed by atoms with Gasteiger partial charge in [-0.05, 0) is 31.2 Å². The van der Waals surface area contributed by atoms with E-state index in [-0.39, 0.29) is 16.9 Å². The van der Waals surface area contributed by atoms with Crippen LogP contribution in [-0.4, -0.2) is 34.2 Å². The van der Waals surface area contributed by atoms with Gasteiger partial charge in [-0.3, -0.25) is 14.6 Å². The zero-order valence-corrected chi connectivity index (χ0v) is 12.2. The van der Waals surface area contributed by atoms with Gasteiger partial charge in [0.1, 0.15) is 5.78 Å². The molecule has 1 aromatic heterocycles. The highest BCUT2D eigenvalue weighted by molar-refractivity contribution is 8.00. The maximum Gasteiger partial charge on any atom is 0.252 e. The first-order chi connectivity index (χ1) is 9.15. The summed E-state index contributed by atoms with van der Waals surface area (Å²) < 4.78 is 0. The van der Waals surface area contributed by atoms with Gasteiger partial charge in [0, 0.05) is 25.4 Å². The minimum atomic E-state index is -0.142. The molecule has 0 saturated carbocycles. The first kappa shape index (κ1) is 15.7. The molecule has 0 aliphatic carbocycles. The van der Waals surface area contributed by atoms with E-state index >= 15 is 0 Å². The van der Waals surface area contributed by atoms with Crippen molar-refractivity contribution in [2.45, 2.75) is 31.9 Å². The van der Waals surface area contributed by atoms with Gasteiger partial charge in [0.25, 0.3) is 5.91 Å². The summed E-state index contributed by atoms with van der Waals surface area (Å²) in [7, 11) is 0. The second-order valence-corrected chi connectivity index (χ2v) is 5.78. The van der Waals surface area contributed by atoms with Crippen molar-refractivity contribution in [1.82, 2.24) is 10.3 Å². The molecule has 0 aromatic carbocycles. The van der Waals surface area contributed by atoms with E-state index in [4.69, 9.17) is 0 Å². The number of ketones is 1. The number of amides is 1. The molecule has 0 aliphatic rings. The number of pyridine rings is 1. The van der Waals surface area contributed by atoms with Gasteiger partial charge in [0.15, 0.2) is 0 Å². The molecule has 0 saturated heterocycles. The third-order valence-electron chi connectivity index (χ3n) is 2.68. The fourth-order valence-corrected chi connectivity index (χ4v) is 2.41. The minimum Gasteiger partial charge on any atom is -0.352 e. The predicted molar refractivity (Wildman–Crippen MR) is 78.4 cm³/mol.